The molecule has 0 radical (unpaired) electrons. The molecule has 72 valence electrons. The average molecular weight is 227 g/mol. The fraction of sp³-hybridized carbons (Fsp3) is 0.111. The Kier molecular flexibility index (Phi) is 3.81. The first-order valence-electron chi connectivity index (χ1n) is 3.77. The molecule has 0 spiro atoms. The van der Waals surface area contributed by atoms with Gasteiger partial charge in [0.15, 0.2) is 0 Å². The largest absolute Gasteiger partial charge is 0.325 e. The third-order valence-electron chi connectivity index (χ3n) is 1.52. The number of nitrogens with one attached hydrogen (secondary N) is 1. The van der Waals surface area contributed by atoms with Gasteiger partial charge in [-0.3, -0.25) is 4.79 Å². The molecular weight excluding hydrogens is 220 g/mol. The summed E-state index contributed by atoms with van der Waals surface area (Å²) in [5.74, 6) is -0.105. The lowest BCUT2D eigenvalue weighted by Crippen LogP contribution is -2.12. The Balaban J connectivity index is 2.88. The molecule has 0 aliphatic carbocycles. The number of benzene rings is 1. The van der Waals surface area contributed by atoms with Crippen molar-refractivity contribution in [2.45, 2.75) is 0 Å². The highest BCUT2D eigenvalue weighted by atomic mass is 35.5. The van der Waals surface area contributed by atoms with Crippen molar-refractivity contribution in [2.75, 3.05) is 11.1 Å². The number of carbonyl (C=O) groups excluding carboxylic acids is 1. The van der Waals surface area contributed by atoms with Crippen molar-refractivity contribution in [3.8, 4) is 6.07 Å². The molecule has 1 amide bonds. The van der Waals surface area contributed by atoms with E-state index in [0.29, 0.717) is 16.3 Å². The lowest BCUT2D eigenvalue weighted by Gasteiger charge is -2.03. The lowest BCUT2D eigenvalue weighted by atomic mass is 10.2. The molecule has 1 rings (SSSR count). The minimum Gasteiger partial charge on any atom is -0.325 e. The number of rotatable bonds is 2. The molecule has 0 fully saturated rings. The van der Waals surface area contributed by atoms with Crippen LogP contribution in [0, 0.1) is 11.3 Å². The van der Waals surface area contributed by atoms with Crippen LogP contribution in [-0.2, 0) is 4.79 Å². The molecule has 0 aliphatic rings. The van der Waals surface area contributed by atoms with Gasteiger partial charge < -0.3 is 5.32 Å². The topological polar surface area (TPSA) is 52.9 Å². The highest BCUT2D eigenvalue weighted by Gasteiger charge is 2.03. The maximum Gasteiger partial charge on any atom is 0.234 e. The van der Waals surface area contributed by atoms with Crippen molar-refractivity contribution in [3.05, 3.63) is 28.8 Å². The zero-order valence-corrected chi connectivity index (χ0v) is 8.77. The van der Waals surface area contributed by atoms with E-state index in [1.165, 1.54) is 6.07 Å². The zero-order chi connectivity index (χ0) is 10.6. The summed E-state index contributed by atoms with van der Waals surface area (Å²) in [5, 5.41) is 11.5. The third kappa shape index (κ3) is 2.66. The summed E-state index contributed by atoms with van der Waals surface area (Å²) in [5.41, 5.74) is 0.948. The van der Waals surface area contributed by atoms with Crippen molar-refractivity contribution >= 4 is 35.8 Å². The number of thiol groups is 1. The molecule has 0 saturated carbocycles. The van der Waals surface area contributed by atoms with Gasteiger partial charge in [-0.15, -0.1) is 0 Å². The molecule has 0 atom stereocenters. The molecule has 0 aromatic heterocycles. The van der Waals surface area contributed by atoms with Crippen LogP contribution in [0.3, 0.4) is 0 Å². The van der Waals surface area contributed by atoms with Crippen LogP contribution in [0.5, 0.6) is 0 Å². The molecule has 1 N–H and O–H groups in total. The van der Waals surface area contributed by atoms with Crippen LogP contribution in [0.1, 0.15) is 5.56 Å². The highest BCUT2D eigenvalue weighted by molar-refractivity contribution is 7.81. The second kappa shape index (κ2) is 4.89. The van der Waals surface area contributed by atoms with Gasteiger partial charge in [-0.05, 0) is 18.2 Å². The Hall–Kier alpha value is -1.18. The molecule has 5 heteroatoms. The molecule has 0 saturated heterocycles. The molecule has 0 bridgehead atoms. The average Bonchev–Trinajstić information content (AvgIpc) is 2.18. The van der Waals surface area contributed by atoms with Gasteiger partial charge in [0.2, 0.25) is 5.91 Å². The molecule has 1 aromatic rings. The van der Waals surface area contributed by atoms with E-state index >= 15 is 0 Å². The number of nitrogens with zero attached hydrogens (tertiary/aromatic N) is 1. The summed E-state index contributed by atoms with van der Waals surface area (Å²) in [4.78, 5) is 11.0. The molecular formula is C9H7ClN2OS. The van der Waals surface area contributed by atoms with E-state index in [4.69, 9.17) is 16.9 Å². The maximum atomic E-state index is 11.0. The fourth-order valence-electron chi connectivity index (χ4n) is 0.884. The van der Waals surface area contributed by atoms with Crippen molar-refractivity contribution < 1.29 is 4.79 Å². The standard InChI is InChI=1S/C9H7ClN2OS/c10-8-3-7(12-9(13)5-14)2-1-6(8)4-11/h1-3,14H,5H2,(H,12,13). The molecule has 0 heterocycles. The van der Waals surface area contributed by atoms with E-state index in [1.54, 1.807) is 12.1 Å². The normalized spacial score (nSPS) is 9.21. The summed E-state index contributed by atoms with van der Waals surface area (Å²) < 4.78 is 0. The predicted molar refractivity (Wildman–Crippen MR) is 58.6 cm³/mol. The Bertz CT molecular complexity index is 400. The van der Waals surface area contributed by atoms with Crippen LogP contribution in [0.2, 0.25) is 5.02 Å². The van der Waals surface area contributed by atoms with Crippen LogP contribution in [0.4, 0.5) is 5.69 Å². The summed E-state index contributed by atoms with van der Waals surface area (Å²) in [6.07, 6.45) is 0. The SMILES string of the molecule is N#Cc1ccc(NC(=O)CS)cc1Cl. The van der Waals surface area contributed by atoms with Crippen molar-refractivity contribution in [3.63, 3.8) is 0 Å². The Morgan fingerprint density at radius 3 is 2.86 bits per heavy atom. The number of hydrogen-bond donors (Lipinski definition) is 2. The minimum atomic E-state index is -0.214. The number of hydrogen-bond acceptors (Lipinski definition) is 3. The first-order chi connectivity index (χ1) is 6.67. The van der Waals surface area contributed by atoms with E-state index < -0.39 is 0 Å². The number of amides is 1. The van der Waals surface area contributed by atoms with Gasteiger partial charge in [0.05, 0.1) is 16.3 Å². The predicted octanol–water partition coefficient (Wildman–Crippen LogP) is 2.08. The highest BCUT2D eigenvalue weighted by Crippen LogP contribution is 2.19. The Morgan fingerprint density at radius 2 is 2.36 bits per heavy atom. The number of carbonyl (C=O) groups is 1. The molecule has 0 aliphatic heterocycles. The number of nitriles is 1. The summed E-state index contributed by atoms with van der Waals surface area (Å²) in [6.45, 7) is 0. The lowest BCUT2D eigenvalue weighted by molar-refractivity contribution is -0.113. The van der Waals surface area contributed by atoms with Gasteiger partial charge in [-0.25, -0.2) is 0 Å². The van der Waals surface area contributed by atoms with E-state index in [2.05, 4.69) is 17.9 Å². The summed E-state index contributed by atoms with van der Waals surface area (Å²) in [7, 11) is 0. The van der Waals surface area contributed by atoms with Crippen LogP contribution < -0.4 is 5.32 Å². The molecule has 14 heavy (non-hydrogen) atoms. The van der Waals surface area contributed by atoms with Gasteiger partial charge in [0.1, 0.15) is 6.07 Å². The van der Waals surface area contributed by atoms with Crippen LogP contribution in [-0.4, -0.2) is 11.7 Å². The molecule has 0 unspecified atom stereocenters. The van der Waals surface area contributed by atoms with Gasteiger partial charge >= 0.3 is 0 Å². The minimum absolute atomic E-state index is 0.109. The smallest absolute Gasteiger partial charge is 0.234 e. The van der Waals surface area contributed by atoms with E-state index in [0.717, 1.165) is 0 Å². The van der Waals surface area contributed by atoms with Gasteiger partial charge in [0.25, 0.3) is 0 Å². The van der Waals surface area contributed by atoms with Crippen molar-refractivity contribution in [1.29, 1.82) is 5.26 Å². The van der Waals surface area contributed by atoms with E-state index in [1.807, 2.05) is 6.07 Å². The van der Waals surface area contributed by atoms with Gasteiger partial charge in [0, 0.05) is 5.69 Å². The Morgan fingerprint density at radius 1 is 1.64 bits per heavy atom. The summed E-state index contributed by atoms with van der Waals surface area (Å²) >= 11 is 9.58. The van der Waals surface area contributed by atoms with Crippen LogP contribution in [0.15, 0.2) is 18.2 Å². The number of halogens is 1. The van der Waals surface area contributed by atoms with E-state index in [-0.39, 0.29) is 11.7 Å². The fourth-order valence-corrected chi connectivity index (χ4v) is 1.19. The maximum absolute atomic E-state index is 11.0. The Labute approximate surface area is 92.1 Å². The second-order valence-electron chi connectivity index (χ2n) is 2.51. The molecule has 3 nitrogen and oxygen atoms in total. The first-order valence-corrected chi connectivity index (χ1v) is 4.78. The third-order valence-corrected chi connectivity index (χ3v) is 2.12. The second-order valence-corrected chi connectivity index (χ2v) is 3.24. The number of anilines is 1. The van der Waals surface area contributed by atoms with E-state index in [9.17, 15) is 4.79 Å². The van der Waals surface area contributed by atoms with Crippen LogP contribution >= 0.6 is 24.2 Å². The van der Waals surface area contributed by atoms with Crippen LogP contribution in [0.25, 0.3) is 0 Å². The van der Waals surface area contributed by atoms with Crippen molar-refractivity contribution in [1.82, 2.24) is 0 Å². The van der Waals surface area contributed by atoms with Crippen molar-refractivity contribution in [2.24, 2.45) is 0 Å². The monoisotopic (exact) mass is 226 g/mol. The summed E-state index contributed by atoms with van der Waals surface area (Å²) in [6, 6.07) is 6.63. The van der Waals surface area contributed by atoms with Gasteiger partial charge in [-0.2, -0.15) is 17.9 Å². The zero-order valence-electron chi connectivity index (χ0n) is 7.12. The first kappa shape index (κ1) is 10.9. The molecule has 1 aromatic carbocycles. The van der Waals surface area contributed by atoms with Gasteiger partial charge in [-0.1, -0.05) is 11.6 Å². The quantitative estimate of drug-likeness (QED) is 0.759.